The quantitative estimate of drug-likeness (QED) is 0.900. The first-order chi connectivity index (χ1) is 8.97. The molecule has 0 saturated carbocycles. The number of carbonyl (C=O) groups is 1. The van der Waals surface area contributed by atoms with E-state index in [2.05, 4.69) is 9.97 Å². The van der Waals surface area contributed by atoms with Crippen molar-refractivity contribution >= 4 is 17.6 Å². The molecule has 7 heteroatoms. The lowest BCUT2D eigenvalue weighted by molar-refractivity contribution is 0.0694. The van der Waals surface area contributed by atoms with Crippen LogP contribution >= 0.6 is 11.6 Å². The molecule has 0 aliphatic heterocycles. The Morgan fingerprint density at radius 2 is 2.21 bits per heavy atom. The third kappa shape index (κ3) is 2.97. The van der Waals surface area contributed by atoms with Crippen molar-refractivity contribution in [2.75, 3.05) is 0 Å². The standard InChI is InChI=1S/C12H8ClFN2O3/c13-9-4-7(14)2-1-6(9)3-10-15-5-8(12(18)19)11(17)16-10/h1-2,4-5H,3H2,(H,18,19)(H,15,16,17). The van der Waals surface area contributed by atoms with Crippen LogP contribution in [0.3, 0.4) is 0 Å². The molecule has 1 aromatic heterocycles. The summed E-state index contributed by atoms with van der Waals surface area (Å²) in [6.07, 6.45) is 1.15. The van der Waals surface area contributed by atoms with Crippen LogP contribution in [0.2, 0.25) is 5.02 Å². The summed E-state index contributed by atoms with van der Waals surface area (Å²) in [6.45, 7) is 0. The molecule has 0 amide bonds. The van der Waals surface area contributed by atoms with Gasteiger partial charge in [-0.15, -0.1) is 0 Å². The lowest BCUT2D eigenvalue weighted by Crippen LogP contribution is -2.20. The average molecular weight is 283 g/mol. The highest BCUT2D eigenvalue weighted by molar-refractivity contribution is 6.31. The highest BCUT2D eigenvalue weighted by Gasteiger charge is 2.11. The molecule has 2 N–H and O–H groups in total. The van der Waals surface area contributed by atoms with E-state index in [1.54, 1.807) is 0 Å². The zero-order valence-electron chi connectivity index (χ0n) is 9.48. The van der Waals surface area contributed by atoms with Gasteiger partial charge in [-0.3, -0.25) is 4.79 Å². The van der Waals surface area contributed by atoms with Gasteiger partial charge in [0.25, 0.3) is 5.56 Å². The second-order valence-corrected chi connectivity index (χ2v) is 4.20. The van der Waals surface area contributed by atoms with Crippen molar-refractivity contribution < 1.29 is 14.3 Å². The van der Waals surface area contributed by atoms with Crippen LogP contribution in [0.4, 0.5) is 4.39 Å². The fourth-order valence-corrected chi connectivity index (χ4v) is 1.75. The van der Waals surface area contributed by atoms with Crippen molar-refractivity contribution in [2.45, 2.75) is 6.42 Å². The van der Waals surface area contributed by atoms with E-state index in [1.807, 2.05) is 0 Å². The molecule has 0 spiro atoms. The molecule has 0 unspecified atom stereocenters. The van der Waals surface area contributed by atoms with Gasteiger partial charge in [0, 0.05) is 17.6 Å². The number of hydrogen-bond acceptors (Lipinski definition) is 3. The van der Waals surface area contributed by atoms with E-state index in [-0.39, 0.29) is 17.3 Å². The van der Waals surface area contributed by atoms with Crippen LogP contribution in [0, 0.1) is 5.82 Å². The van der Waals surface area contributed by atoms with E-state index >= 15 is 0 Å². The maximum absolute atomic E-state index is 12.9. The van der Waals surface area contributed by atoms with Crippen molar-refractivity contribution in [3.63, 3.8) is 0 Å². The number of nitrogens with one attached hydrogen (secondary N) is 1. The molecule has 0 fully saturated rings. The van der Waals surface area contributed by atoms with E-state index < -0.39 is 22.9 Å². The topological polar surface area (TPSA) is 83.0 Å². The summed E-state index contributed by atoms with van der Waals surface area (Å²) < 4.78 is 12.9. The van der Waals surface area contributed by atoms with Gasteiger partial charge in [0.05, 0.1) is 0 Å². The van der Waals surface area contributed by atoms with Gasteiger partial charge in [0.2, 0.25) is 0 Å². The second kappa shape index (κ2) is 5.19. The van der Waals surface area contributed by atoms with Gasteiger partial charge in [-0.05, 0) is 17.7 Å². The third-order valence-corrected chi connectivity index (χ3v) is 2.81. The van der Waals surface area contributed by atoms with Gasteiger partial charge in [-0.25, -0.2) is 14.2 Å². The van der Waals surface area contributed by atoms with Crippen molar-refractivity contribution in [1.29, 1.82) is 0 Å². The molecule has 0 aliphatic carbocycles. The Morgan fingerprint density at radius 1 is 1.47 bits per heavy atom. The van der Waals surface area contributed by atoms with Gasteiger partial charge in [-0.2, -0.15) is 0 Å². The van der Waals surface area contributed by atoms with E-state index in [0.29, 0.717) is 5.56 Å². The minimum atomic E-state index is -1.35. The molecule has 0 atom stereocenters. The van der Waals surface area contributed by atoms with Gasteiger partial charge in [0.1, 0.15) is 17.2 Å². The minimum Gasteiger partial charge on any atom is -0.477 e. The van der Waals surface area contributed by atoms with E-state index in [0.717, 1.165) is 12.3 Å². The second-order valence-electron chi connectivity index (χ2n) is 3.79. The summed E-state index contributed by atoms with van der Waals surface area (Å²) in [5.41, 5.74) is -0.598. The van der Waals surface area contributed by atoms with E-state index in [1.165, 1.54) is 12.1 Å². The number of aromatic nitrogens is 2. The van der Waals surface area contributed by atoms with Crippen LogP contribution in [0.5, 0.6) is 0 Å². The molecule has 0 saturated heterocycles. The zero-order valence-corrected chi connectivity index (χ0v) is 10.2. The monoisotopic (exact) mass is 282 g/mol. The van der Waals surface area contributed by atoms with Crippen LogP contribution in [0.15, 0.2) is 29.2 Å². The zero-order chi connectivity index (χ0) is 14.0. The molecular formula is C12H8ClFN2O3. The summed E-state index contributed by atoms with van der Waals surface area (Å²) in [5.74, 6) is -1.56. The number of halogens is 2. The number of aromatic amines is 1. The predicted molar refractivity (Wildman–Crippen MR) is 66.0 cm³/mol. The average Bonchev–Trinajstić information content (AvgIpc) is 2.32. The van der Waals surface area contributed by atoms with Crippen LogP contribution in [-0.4, -0.2) is 21.0 Å². The number of aromatic carboxylic acids is 1. The summed E-state index contributed by atoms with van der Waals surface area (Å²) in [4.78, 5) is 28.3. The number of carboxylic acids is 1. The maximum Gasteiger partial charge on any atom is 0.342 e. The van der Waals surface area contributed by atoms with Gasteiger partial charge in [0.15, 0.2) is 0 Å². The molecule has 5 nitrogen and oxygen atoms in total. The van der Waals surface area contributed by atoms with Crippen LogP contribution < -0.4 is 5.56 Å². The predicted octanol–water partition coefficient (Wildman–Crippen LogP) is 1.85. The number of nitrogens with zero attached hydrogens (tertiary/aromatic N) is 1. The number of H-pyrrole nitrogens is 1. The highest BCUT2D eigenvalue weighted by Crippen LogP contribution is 2.19. The summed E-state index contributed by atoms with van der Waals surface area (Å²) in [5, 5.41) is 8.91. The lowest BCUT2D eigenvalue weighted by atomic mass is 10.1. The van der Waals surface area contributed by atoms with Gasteiger partial charge >= 0.3 is 5.97 Å². The molecule has 0 aliphatic rings. The Hall–Kier alpha value is -2.21. The van der Waals surface area contributed by atoms with Gasteiger partial charge in [-0.1, -0.05) is 17.7 Å². The van der Waals surface area contributed by atoms with Crippen molar-refractivity contribution in [1.82, 2.24) is 9.97 Å². The Morgan fingerprint density at radius 3 is 2.79 bits per heavy atom. The molecule has 19 heavy (non-hydrogen) atoms. The van der Waals surface area contributed by atoms with Crippen molar-refractivity contribution in [3.8, 4) is 0 Å². The van der Waals surface area contributed by atoms with Gasteiger partial charge < -0.3 is 10.1 Å². The number of rotatable bonds is 3. The van der Waals surface area contributed by atoms with Crippen molar-refractivity contribution in [3.05, 3.63) is 62.5 Å². The van der Waals surface area contributed by atoms with E-state index in [9.17, 15) is 14.0 Å². The number of hydrogen-bond donors (Lipinski definition) is 2. The fraction of sp³-hybridized carbons (Fsp3) is 0.0833. The Bertz CT molecular complexity index is 700. The summed E-state index contributed by atoms with van der Waals surface area (Å²) in [6, 6.07) is 3.87. The first-order valence-electron chi connectivity index (χ1n) is 5.23. The normalized spacial score (nSPS) is 10.4. The lowest BCUT2D eigenvalue weighted by Gasteiger charge is -2.04. The smallest absolute Gasteiger partial charge is 0.342 e. The molecule has 1 aromatic carbocycles. The van der Waals surface area contributed by atoms with Crippen LogP contribution in [0.1, 0.15) is 21.7 Å². The minimum absolute atomic E-state index is 0.175. The number of benzene rings is 1. The van der Waals surface area contributed by atoms with E-state index in [4.69, 9.17) is 16.7 Å². The van der Waals surface area contributed by atoms with Crippen LogP contribution in [0.25, 0.3) is 0 Å². The third-order valence-electron chi connectivity index (χ3n) is 2.46. The Labute approximate surface area is 111 Å². The Kier molecular flexibility index (Phi) is 3.62. The first-order valence-corrected chi connectivity index (χ1v) is 5.60. The van der Waals surface area contributed by atoms with Crippen molar-refractivity contribution in [2.24, 2.45) is 0 Å². The number of carboxylic acid groups (broad SMARTS) is 1. The molecule has 2 rings (SSSR count). The first kappa shape index (κ1) is 13.2. The SMILES string of the molecule is O=C(O)c1cnc(Cc2ccc(F)cc2Cl)[nH]c1=O. The summed E-state index contributed by atoms with van der Waals surface area (Å²) >= 11 is 5.85. The van der Waals surface area contributed by atoms with Crippen LogP contribution in [-0.2, 0) is 6.42 Å². The molecule has 0 radical (unpaired) electrons. The molecular weight excluding hydrogens is 275 g/mol. The highest BCUT2D eigenvalue weighted by atomic mass is 35.5. The molecule has 1 heterocycles. The maximum atomic E-state index is 12.9. The Balaban J connectivity index is 2.31. The molecule has 98 valence electrons. The largest absolute Gasteiger partial charge is 0.477 e. The fourth-order valence-electron chi connectivity index (χ4n) is 1.52. The molecule has 2 aromatic rings. The summed E-state index contributed by atoms with van der Waals surface area (Å²) in [7, 11) is 0. The molecule has 0 bridgehead atoms.